The van der Waals surface area contributed by atoms with Crippen molar-refractivity contribution in [2.45, 2.75) is 51.8 Å². The molecule has 1 aliphatic rings. The lowest BCUT2D eigenvalue weighted by Crippen LogP contribution is -2.46. The SMILES string of the molecule is CC(C)Oc1ccc(CNC(=O)C2CCCCN2)cc1.Cl. The predicted molar refractivity (Wildman–Crippen MR) is 86.9 cm³/mol. The molecule has 1 amide bonds. The van der Waals surface area contributed by atoms with Gasteiger partial charge in [-0.05, 0) is 50.9 Å². The molecule has 1 aromatic rings. The van der Waals surface area contributed by atoms with Gasteiger partial charge >= 0.3 is 0 Å². The largest absolute Gasteiger partial charge is 0.491 e. The van der Waals surface area contributed by atoms with Crippen LogP contribution in [0.2, 0.25) is 0 Å². The minimum Gasteiger partial charge on any atom is -0.491 e. The number of rotatable bonds is 5. The van der Waals surface area contributed by atoms with Crippen molar-refractivity contribution in [3.8, 4) is 5.75 Å². The average molecular weight is 313 g/mol. The Morgan fingerprint density at radius 1 is 1.33 bits per heavy atom. The highest BCUT2D eigenvalue weighted by molar-refractivity contribution is 5.85. The van der Waals surface area contributed by atoms with Crippen molar-refractivity contribution in [3.05, 3.63) is 29.8 Å². The topological polar surface area (TPSA) is 50.4 Å². The number of carbonyl (C=O) groups is 1. The molecule has 4 nitrogen and oxygen atoms in total. The molecule has 0 spiro atoms. The second-order valence-electron chi connectivity index (χ2n) is 5.53. The highest BCUT2D eigenvalue weighted by atomic mass is 35.5. The van der Waals surface area contributed by atoms with Gasteiger partial charge in [0.25, 0.3) is 0 Å². The molecule has 2 N–H and O–H groups in total. The van der Waals surface area contributed by atoms with Crippen LogP contribution < -0.4 is 15.4 Å². The Bertz CT molecular complexity index is 428. The van der Waals surface area contributed by atoms with Crippen LogP contribution in [0, 0.1) is 0 Å². The lowest BCUT2D eigenvalue weighted by atomic mass is 10.0. The molecule has 1 saturated heterocycles. The van der Waals surface area contributed by atoms with Crippen molar-refractivity contribution < 1.29 is 9.53 Å². The number of carbonyl (C=O) groups excluding carboxylic acids is 1. The van der Waals surface area contributed by atoms with Crippen LogP contribution in [0.5, 0.6) is 5.75 Å². The van der Waals surface area contributed by atoms with Gasteiger partial charge in [0.2, 0.25) is 5.91 Å². The van der Waals surface area contributed by atoms with Crippen LogP contribution >= 0.6 is 12.4 Å². The lowest BCUT2D eigenvalue weighted by molar-refractivity contribution is -0.123. The Balaban J connectivity index is 0.00000220. The summed E-state index contributed by atoms with van der Waals surface area (Å²) < 4.78 is 5.59. The summed E-state index contributed by atoms with van der Waals surface area (Å²) in [5, 5.41) is 6.24. The van der Waals surface area contributed by atoms with E-state index in [0.717, 1.165) is 30.7 Å². The molecule has 1 unspecified atom stereocenters. The first-order valence-corrected chi connectivity index (χ1v) is 7.42. The van der Waals surface area contributed by atoms with Crippen LogP contribution in [-0.2, 0) is 11.3 Å². The standard InChI is InChI=1S/C16H24N2O2.ClH/c1-12(2)20-14-8-6-13(7-9-14)11-18-16(19)15-5-3-4-10-17-15;/h6-9,12,15,17H,3-5,10-11H2,1-2H3,(H,18,19);1H. The number of amides is 1. The maximum absolute atomic E-state index is 12.0. The minimum absolute atomic E-state index is 0. The molecule has 5 heteroatoms. The molecule has 2 rings (SSSR count). The Morgan fingerprint density at radius 2 is 2.05 bits per heavy atom. The van der Waals surface area contributed by atoms with Crippen LogP contribution in [-0.4, -0.2) is 24.6 Å². The van der Waals surface area contributed by atoms with E-state index in [1.807, 2.05) is 38.1 Å². The summed E-state index contributed by atoms with van der Waals surface area (Å²) in [5.74, 6) is 0.969. The van der Waals surface area contributed by atoms with E-state index in [-0.39, 0.29) is 30.5 Å². The molecule has 0 radical (unpaired) electrons. The van der Waals surface area contributed by atoms with Gasteiger partial charge in [-0.3, -0.25) is 4.79 Å². The zero-order chi connectivity index (χ0) is 14.4. The van der Waals surface area contributed by atoms with E-state index >= 15 is 0 Å². The number of halogens is 1. The number of hydrogen-bond donors (Lipinski definition) is 2. The van der Waals surface area contributed by atoms with Crippen molar-refractivity contribution in [2.75, 3.05) is 6.54 Å². The van der Waals surface area contributed by atoms with Gasteiger partial charge in [0.15, 0.2) is 0 Å². The van der Waals surface area contributed by atoms with E-state index in [4.69, 9.17) is 4.74 Å². The molecule has 1 fully saturated rings. The highest BCUT2D eigenvalue weighted by Crippen LogP contribution is 2.14. The summed E-state index contributed by atoms with van der Waals surface area (Å²) >= 11 is 0. The number of nitrogens with one attached hydrogen (secondary N) is 2. The Kier molecular flexibility index (Phi) is 7.54. The molecule has 1 heterocycles. The van der Waals surface area contributed by atoms with Crippen molar-refractivity contribution in [1.82, 2.24) is 10.6 Å². The fourth-order valence-electron chi connectivity index (χ4n) is 2.35. The zero-order valence-corrected chi connectivity index (χ0v) is 13.5. The zero-order valence-electron chi connectivity index (χ0n) is 12.7. The normalized spacial score (nSPS) is 18.0. The van der Waals surface area contributed by atoms with Crippen molar-refractivity contribution in [3.63, 3.8) is 0 Å². The van der Waals surface area contributed by atoms with Crippen LogP contribution in [0.3, 0.4) is 0 Å². The molecule has 0 saturated carbocycles. The summed E-state index contributed by atoms with van der Waals surface area (Å²) in [7, 11) is 0. The van der Waals surface area contributed by atoms with Crippen molar-refractivity contribution in [2.24, 2.45) is 0 Å². The van der Waals surface area contributed by atoms with Crippen molar-refractivity contribution in [1.29, 1.82) is 0 Å². The molecule has 0 aromatic heterocycles. The molecular formula is C16H25ClN2O2. The second-order valence-corrected chi connectivity index (χ2v) is 5.53. The molecule has 0 aliphatic carbocycles. The summed E-state index contributed by atoms with van der Waals surface area (Å²) in [4.78, 5) is 12.0. The van der Waals surface area contributed by atoms with Gasteiger partial charge in [0.05, 0.1) is 12.1 Å². The number of benzene rings is 1. The van der Waals surface area contributed by atoms with Crippen LogP contribution in [0.15, 0.2) is 24.3 Å². The van der Waals surface area contributed by atoms with E-state index in [9.17, 15) is 4.79 Å². The van der Waals surface area contributed by atoms with E-state index in [1.54, 1.807) is 0 Å². The second kappa shape index (κ2) is 8.90. The summed E-state index contributed by atoms with van der Waals surface area (Å²) in [6.45, 7) is 5.52. The van der Waals surface area contributed by atoms with Crippen LogP contribution in [0.25, 0.3) is 0 Å². The number of hydrogen-bond acceptors (Lipinski definition) is 3. The third kappa shape index (κ3) is 5.94. The van der Waals surface area contributed by atoms with E-state index < -0.39 is 0 Å². The van der Waals surface area contributed by atoms with Gasteiger partial charge in [-0.15, -0.1) is 12.4 Å². The number of ether oxygens (including phenoxy) is 1. The summed E-state index contributed by atoms with van der Waals surface area (Å²) in [5.41, 5.74) is 1.09. The average Bonchev–Trinajstić information content (AvgIpc) is 2.46. The lowest BCUT2D eigenvalue weighted by Gasteiger charge is -2.22. The third-order valence-electron chi connectivity index (χ3n) is 3.39. The summed E-state index contributed by atoms with van der Waals surface area (Å²) in [6.07, 6.45) is 3.42. The third-order valence-corrected chi connectivity index (χ3v) is 3.39. The van der Waals surface area contributed by atoms with Gasteiger partial charge in [0.1, 0.15) is 5.75 Å². The Labute approximate surface area is 133 Å². The quantitative estimate of drug-likeness (QED) is 0.879. The first-order chi connectivity index (χ1) is 9.65. The highest BCUT2D eigenvalue weighted by Gasteiger charge is 2.19. The molecule has 1 atom stereocenters. The summed E-state index contributed by atoms with van der Waals surface area (Å²) in [6, 6.07) is 7.85. The van der Waals surface area contributed by atoms with Gasteiger partial charge in [0, 0.05) is 6.54 Å². The fourth-order valence-corrected chi connectivity index (χ4v) is 2.35. The minimum atomic E-state index is -0.0210. The van der Waals surface area contributed by atoms with Crippen LogP contribution in [0.1, 0.15) is 38.7 Å². The molecular weight excluding hydrogens is 288 g/mol. The first kappa shape index (κ1) is 17.8. The first-order valence-electron chi connectivity index (χ1n) is 7.42. The smallest absolute Gasteiger partial charge is 0.237 e. The molecule has 118 valence electrons. The van der Waals surface area contributed by atoms with Gasteiger partial charge in [-0.25, -0.2) is 0 Å². The predicted octanol–water partition coefficient (Wildman–Crippen LogP) is 2.65. The molecule has 21 heavy (non-hydrogen) atoms. The van der Waals surface area contributed by atoms with E-state index in [0.29, 0.717) is 6.54 Å². The monoisotopic (exact) mass is 312 g/mol. The Hall–Kier alpha value is -1.26. The fraction of sp³-hybridized carbons (Fsp3) is 0.562. The van der Waals surface area contributed by atoms with Gasteiger partial charge in [-0.2, -0.15) is 0 Å². The van der Waals surface area contributed by atoms with E-state index in [1.165, 1.54) is 6.42 Å². The van der Waals surface area contributed by atoms with Gasteiger partial charge < -0.3 is 15.4 Å². The van der Waals surface area contributed by atoms with Crippen LogP contribution in [0.4, 0.5) is 0 Å². The Morgan fingerprint density at radius 3 is 2.62 bits per heavy atom. The molecule has 0 bridgehead atoms. The maximum atomic E-state index is 12.0. The molecule has 1 aromatic carbocycles. The van der Waals surface area contributed by atoms with E-state index in [2.05, 4.69) is 10.6 Å². The van der Waals surface area contributed by atoms with Crippen molar-refractivity contribution >= 4 is 18.3 Å². The maximum Gasteiger partial charge on any atom is 0.237 e. The molecule has 1 aliphatic heterocycles. The van der Waals surface area contributed by atoms with Gasteiger partial charge in [-0.1, -0.05) is 18.6 Å². The number of piperidine rings is 1.